The molecular weight excluding hydrogens is 214 g/mol. The summed E-state index contributed by atoms with van der Waals surface area (Å²) in [5, 5.41) is 0. The average molecular weight is 233 g/mol. The second-order valence-corrected chi connectivity index (χ2v) is 4.48. The number of morpholine rings is 1. The Morgan fingerprint density at radius 2 is 1.94 bits per heavy atom. The van der Waals surface area contributed by atoms with Gasteiger partial charge in [0.2, 0.25) is 0 Å². The van der Waals surface area contributed by atoms with E-state index >= 15 is 0 Å². The summed E-state index contributed by atoms with van der Waals surface area (Å²) in [5.41, 5.74) is 1.23. The van der Waals surface area contributed by atoms with Gasteiger partial charge in [0, 0.05) is 25.6 Å². The van der Waals surface area contributed by atoms with E-state index in [9.17, 15) is 4.79 Å². The monoisotopic (exact) mass is 233 g/mol. The van der Waals surface area contributed by atoms with Crippen LogP contribution in [0.5, 0.6) is 0 Å². The maximum atomic E-state index is 11.4. The molecule has 3 nitrogen and oxygen atoms in total. The largest absolute Gasteiger partial charge is 0.379 e. The SMILES string of the molecule is CC(=O)CC(c1ccccc1)N1CCOCC1. The molecule has 1 aromatic rings. The fourth-order valence-electron chi connectivity index (χ4n) is 2.29. The van der Waals surface area contributed by atoms with Crippen LogP contribution in [0.15, 0.2) is 30.3 Å². The number of nitrogens with zero attached hydrogens (tertiary/aromatic N) is 1. The van der Waals surface area contributed by atoms with Crippen LogP contribution in [-0.4, -0.2) is 37.0 Å². The lowest BCUT2D eigenvalue weighted by atomic mass is 10.00. The highest BCUT2D eigenvalue weighted by atomic mass is 16.5. The second kappa shape index (κ2) is 5.94. The zero-order valence-corrected chi connectivity index (χ0v) is 10.3. The Bertz CT molecular complexity index is 358. The first-order valence-electron chi connectivity index (χ1n) is 6.13. The van der Waals surface area contributed by atoms with Crippen molar-refractivity contribution in [2.45, 2.75) is 19.4 Å². The standard InChI is InChI=1S/C14H19NO2/c1-12(16)11-14(13-5-3-2-4-6-13)15-7-9-17-10-8-15/h2-6,14H,7-11H2,1H3. The number of hydrogen-bond acceptors (Lipinski definition) is 3. The third-order valence-electron chi connectivity index (χ3n) is 3.15. The highest BCUT2D eigenvalue weighted by Crippen LogP contribution is 2.25. The van der Waals surface area contributed by atoms with Crippen molar-refractivity contribution in [3.8, 4) is 0 Å². The number of carbonyl (C=O) groups excluding carboxylic acids is 1. The summed E-state index contributed by atoms with van der Waals surface area (Å²) >= 11 is 0. The summed E-state index contributed by atoms with van der Waals surface area (Å²) in [5.74, 6) is 0.241. The molecule has 92 valence electrons. The van der Waals surface area contributed by atoms with Crippen LogP contribution in [0.1, 0.15) is 24.9 Å². The van der Waals surface area contributed by atoms with Gasteiger partial charge in [0.15, 0.2) is 0 Å². The molecule has 1 aliphatic rings. The summed E-state index contributed by atoms with van der Waals surface area (Å²) in [4.78, 5) is 13.8. The lowest BCUT2D eigenvalue weighted by Crippen LogP contribution is -2.39. The van der Waals surface area contributed by atoms with Crippen LogP contribution in [0.4, 0.5) is 0 Å². The zero-order valence-electron chi connectivity index (χ0n) is 10.3. The lowest BCUT2D eigenvalue weighted by Gasteiger charge is -2.34. The van der Waals surface area contributed by atoms with Gasteiger partial charge < -0.3 is 4.74 Å². The first-order chi connectivity index (χ1) is 8.27. The molecule has 2 rings (SSSR count). The molecule has 0 aromatic heterocycles. The van der Waals surface area contributed by atoms with Crippen molar-refractivity contribution in [3.63, 3.8) is 0 Å². The fourth-order valence-corrected chi connectivity index (χ4v) is 2.29. The van der Waals surface area contributed by atoms with E-state index < -0.39 is 0 Å². The van der Waals surface area contributed by atoms with E-state index in [0.29, 0.717) is 6.42 Å². The highest BCUT2D eigenvalue weighted by molar-refractivity contribution is 5.76. The van der Waals surface area contributed by atoms with Gasteiger partial charge in [-0.1, -0.05) is 30.3 Å². The third-order valence-corrected chi connectivity index (χ3v) is 3.15. The van der Waals surface area contributed by atoms with Gasteiger partial charge in [-0.3, -0.25) is 9.69 Å². The number of rotatable bonds is 4. The average Bonchev–Trinajstić information content (AvgIpc) is 2.38. The van der Waals surface area contributed by atoms with Crippen LogP contribution in [0.3, 0.4) is 0 Å². The predicted octanol–water partition coefficient (Wildman–Crippen LogP) is 2.04. The van der Waals surface area contributed by atoms with Crippen molar-refractivity contribution in [2.75, 3.05) is 26.3 Å². The molecule has 1 fully saturated rings. The predicted molar refractivity (Wildman–Crippen MR) is 66.9 cm³/mol. The Hall–Kier alpha value is -1.19. The minimum atomic E-state index is 0.206. The Kier molecular flexibility index (Phi) is 4.29. The van der Waals surface area contributed by atoms with Crippen LogP contribution in [0, 0.1) is 0 Å². The topological polar surface area (TPSA) is 29.5 Å². The van der Waals surface area contributed by atoms with Gasteiger partial charge in [-0.05, 0) is 12.5 Å². The molecular formula is C14H19NO2. The maximum Gasteiger partial charge on any atom is 0.131 e. The molecule has 17 heavy (non-hydrogen) atoms. The van der Waals surface area contributed by atoms with Crippen LogP contribution >= 0.6 is 0 Å². The molecule has 1 atom stereocenters. The normalized spacial score (nSPS) is 18.9. The van der Waals surface area contributed by atoms with E-state index in [-0.39, 0.29) is 11.8 Å². The third kappa shape index (κ3) is 3.38. The number of Topliss-reactive ketones (excluding diaryl/α,β-unsaturated/α-hetero) is 1. The van der Waals surface area contributed by atoms with Gasteiger partial charge in [0.05, 0.1) is 13.2 Å². The maximum absolute atomic E-state index is 11.4. The van der Waals surface area contributed by atoms with Crippen molar-refractivity contribution in [1.29, 1.82) is 0 Å². The molecule has 1 heterocycles. The smallest absolute Gasteiger partial charge is 0.131 e. The lowest BCUT2D eigenvalue weighted by molar-refractivity contribution is -0.118. The van der Waals surface area contributed by atoms with Crippen molar-refractivity contribution >= 4 is 5.78 Å². The van der Waals surface area contributed by atoms with Gasteiger partial charge in [-0.15, -0.1) is 0 Å². The fraction of sp³-hybridized carbons (Fsp3) is 0.500. The van der Waals surface area contributed by atoms with Gasteiger partial charge in [0.25, 0.3) is 0 Å². The summed E-state index contributed by atoms with van der Waals surface area (Å²) < 4.78 is 5.36. The van der Waals surface area contributed by atoms with Gasteiger partial charge >= 0.3 is 0 Å². The molecule has 1 aromatic carbocycles. The molecule has 0 radical (unpaired) electrons. The molecule has 1 aliphatic heterocycles. The second-order valence-electron chi connectivity index (χ2n) is 4.48. The van der Waals surface area contributed by atoms with E-state index in [2.05, 4.69) is 17.0 Å². The van der Waals surface area contributed by atoms with E-state index in [1.54, 1.807) is 6.92 Å². The molecule has 3 heteroatoms. The van der Waals surface area contributed by atoms with Crippen molar-refractivity contribution in [1.82, 2.24) is 4.90 Å². The molecule has 0 saturated carbocycles. The summed E-state index contributed by atoms with van der Waals surface area (Å²) in [6.45, 7) is 5.01. The summed E-state index contributed by atoms with van der Waals surface area (Å²) in [6.07, 6.45) is 0.587. The molecule has 1 saturated heterocycles. The van der Waals surface area contributed by atoms with E-state index in [1.807, 2.05) is 18.2 Å². The number of benzene rings is 1. The minimum absolute atomic E-state index is 0.206. The Balaban J connectivity index is 2.15. The Morgan fingerprint density at radius 1 is 1.29 bits per heavy atom. The number of hydrogen-bond donors (Lipinski definition) is 0. The molecule has 0 amide bonds. The molecule has 0 bridgehead atoms. The minimum Gasteiger partial charge on any atom is -0.379 e. The quantitative estimate of drug-likeness (QED) is 0.797. The van der Waals surface area contributed by atoms with E-state index in [0.717, 1.165) is 26.3 Å². The number of ether oxygens (including phenoxy) is 1. The van der Waals surface area contributed by atoms with Crippen molar-refractivity contribution in [3.05, 3.63) is 35.9 Å². The van der Waals surface area contributed by atoms with Crippen LogP contribution in [0.2, 0.25) is 0 Å². The first-order valence-corrected chi connectivity index (χ1v) is 6.13. The first kappa shape index (κ1) is 12.3. The van der Waals surface area contributed by atoms with Crippen molar-refractivity contribution < 1.29 is 9.53 Å². The Morgan fingerprint density at radius 3 is 2.53 bits per heavy atom. The van der Waals surface area contributed by atoms with Crippen LogP contribution in [-0.2, 0) is 9.53 Å². The summed E-state index contributed by atoms with van der Waals surface area (Å²) in [7, 11) is 0. The number of carbonyl (C=O) groups is 1. The van der Waals surface area contributed by atoms with Crippen LogP contribution in [0.25, 0.3) is 0 Å². The van der Waals surface area contributed by atoms with E-state index in [4.69, 9.17) is 4.74 Å². The van der Waals surface area contributed by atoms with E-state index in [1.165, 1.54) is 5.56 Å². The molecule has 0 N–H and O–H groups in total. The highest BCUT2D eigenvalue weighted by Gasteiger charge is 2.23. The molecule has 0 spiro atoms. The Labute approximate surface area is 102 Å². The van der Waals surface area contributed by atoms with Crippen LogP contribution < -0.4 is 0 Å². The van der Waals surface area contributed by atoms with Gasteiger partial charge in [0.1, 0.15) is 5.78 Å². The molecule has 1 unspecified atom stereocenters. The van der Waals surface area contributed by atoms with Crippen molar-refractivity contribution in [2.24, 2.45) is 0 Å². The van der Waals surface area contributed by atoms with Gasteiger partial charge in [-0.2, -0.15) is 0 Å². The summed E-state index contributed by atoms with van der Waals surface area (Å²) in [6, 6.07) is 10.5. The molecule has 0 aliphatic carbocycles. The zero-order chi connectivity index (χ0) is 12.1. The number of ketones is 1. The van der Waals surface area contributed by atoms with Gasteiger partial charge in [-0.25, -0.2) is 0 Å².